The van der Waals surface area contributed by atoms with Crippen LogP contribution in [-0.2, 0) is 15.6 Å². The van der Waals surface area contributed by atoms with Crippen LogP contribution in [0.5, 0.6) is 5.75 Å². The van der Waals surface area contributed by atoms with E-state index in [0.717, 1.165) is 49.5 Å². The molecule has 154 valence electrons. The summed E-state index contributed by atoms with van der Waals surface area (Å²) in [5.74, 6) is 0.0331. The van der Waals surface area contributed by atoms with Crippen LogP contribution in [0.3, 0.4) is 0 Å². The molecule has 0 saturated heterocycles. The summed E-state index contributed by atoms with van der Waals surface area (Å²) >= 11 is 6.42. The Morgan fingerprint density at radius 2 is 2.10 bits per heavy atom. The Morgan fingerprint density at radius 1 is 1.34 bits per heavy atom. The zero-order valence-electron chi connectivity index (χ0n) is 16.2. The third kappa shape index (κ3) is 5.40. The minimum absolute atomic E-state index is 0.288. The molecule has 2 aromatic carbocycles. The molecule has 7 heteroatoms. The molecule has 0 radical (unpaired) electrons. The number of benzene rings is 2. The van der Waals surface area contributed by atoms with Crippen LogP contribution in [0.4, 0.5) is 11.4 Å². The largest absolute Gasteiger partial charge is 0.478 e. The predicted octanol–water partition coefficient (Wildman–Crippen LogP) is 5.38. The Hall–Kier alpha value is -2.31. The second-order valence-corrected chi connectivity index (χ2v) is 8.85. The summed E-state index contributed by atoms with van der Waals surface area (Å²) in [6, 6.07) is 13.4. The molecule has 1 N–H and O–H groups in total. The SMILES string of the molecule is CCCCC1CN(c2ccccc2)c2cc(Cl)c(O/C=C/C(=O)O)cc2S(=O)C1. The van der Waals surface area contributed by atoms with E-state index in [1.54, 1.807) is 12.1 Å². The summed E-state index contributed by atoms with van der Waals surface area (Å²) in [7, 11) is -1.21. The number of carbonyl (C=O) groups is 1. The predicted molar refractivity (Wildman–Crippen MR) is 117 cm³/mol. The maximum absolute atomic E-state index is 13.2. The van der Waals surface area contributed by atoms with E-state index in [1.165, 1.54) is 0 Å². The van der Waals surface area contributed by atoms with Crippen LogP contribution < -0.4 is 9.64 Å². The van der Waals surface area contributed by atoms with Gasteiger partial charge in [-0.15, -0.1) is 0 Å². The molecular weight excluding hydrogens is 410 g/mol. The van der Waals surface area contributed by atoms with E-state index in [0.29, 0.717) is 21.6 Å². The first-order valence-corrected chi connectivity index (χ1v) is 11.3. The Balaban J connectivity index is 2.03. The maximum Gasteiger partial charge on any atom is 0.331 e. The van der Waals surface area contributed by atoms with E-state index in [4.69, 9.17) is 21.4 Å². The molecule has 2 atom stereocenters. The fourth-order valence-electron chi connectivity index (χ4n) is 3.41. The first-order valence-electron chi connectivity index (χ1n) is 9.60. The van der Waals surface area contributed by atoms with E-state index < -0.39 is 16.8 Å². The van der Waals surface area contributed by atoms with E-state index in [-0.39, 0.29) is 5.75 Å². The number of rotatable bonds is 7. The van der Waals surface area contributed by atoms with Crippen LogP contribution in [0.15, 0.2) is 59.7 Å². The lowest BCUT2D eigenvalue weighted by atomic mass is 10.0. The van der Waals surface area contributed by atoms with Crippen LogP contribution in [0.1, 0.15) is 26.2 Å². The highest BCUT2D eigenvalue weighted by Crippen LogP contribution is 2.41. The third-order valence-corrected chi connectivity index (χ3v) is 6.70. The number of anilines is 2. The van der Waals surface area contributed by atoms with E-state index in [9.17, 15) is 9.00 Å². The number of ether oxygens (including phenoxy) is 1. The number of hydrogen-bond acceptors (Lipinski definition) is 4. The molecule has 0 aromatic heterocycles. The van der Waals surface area contributed by atoms with Gasteiger partial charge in [-0.1, -0.05) is 49.6 Å². The van der Waals surface area contributed by atoms with E-state index in [1.807, 2.05) is 30.3 Å². The molecule has 0 aliphatic carbocycles. The van der Waals surface area contributed by atoms with Gasteiger partial charge < -0.3 is 14.7 Å². The summed E-state index contributed by atoms with van der Waals surface area (Å²) in [5.41, 5.74) is 1.82. The van der Waals surface area contributed by atoms with Crippen molar-refractivity contribution < 1.29 is 18.8 Å². The fourth-order valence-corrected chi connectivity index (χ4v) is 5.13. The lowest BCUT2D eigenvalue weighted by Gasteiger charge is -2.28. The van der Waals surface area contributed by atoms with Crippen LogP contribution in [0.25, 0.3) is 0 Å². The zero-order chi connectivity index (χ0) is 20.8. The number of unbranched alkanes of at least 4 members (excludes halogenated alkanes) is 1. The molecule has 29 heavy (non-hydrogen) atoms. The lowest BCUT2D eigenvalue weighted by Crippen LogP contribution is -2.25. The quantitative estimate of drug-likeness (QED) is 0.468. The number of para-hydroxylation sites is 1. The van der Waals surface area contributed by atoms with Gasteiger partial charge in [-0.25, -0.2) is 4.79 Å². The van der Waals surface area contributed by atoms with Gasteiger partial charge in [0.15, 0.2) is 0 Å². The molecule has 0 amide bonds. The summed E-state index contributed by atoms with van der Waals surface area (Å²) in [6.45, 7) is 2.92. The summed E-state index contributed by atoms with van der Waals surface area (Å²) in [5, 5.41) is 9.07. The van der Waals surface area contributed by atoms with Gasteiger partial charge in [-0.3, -0.25) is 4.21 Å². The van der Waals surface area contributed by atoms with Gasteiger partial charge >= 0.3 is 5.97 Å². The standard InChI is InChI=1S/C22H24ClNO4S/c1-2-3-7-16-14-24(17-8-5-4-6-9-17)19-12-18(23)20(28-11-10-22(25)26)13-21(19)29(27)15-16/h4-6,8-13,16H,2-3,7,14-15H2,1H3,(H,25,26)/b11-10+. The average molecular weight is 434 g/mol. The third-order valence-electron chi connectivity index (χ3n) is 4.82. The Kier molecular flexibility index (Phi) is 7.34. The molecular formula is C22H24ClNO4S. The molecule has 2 aromatic rings. The molecule has 0 bridgehead atoms. The average Bonchev–Trinajstić information content (AvgIpc) is 2.83. The second-order valence-electron chi connectivity index (χ2n) is 6.98. The zero-order valence-corrected chi connectivity index (χ0v) is 17.8. The van der Waals surface area contributed by atoms with Crippen molar-refractivity contribution in [1.82, 2.24) is 0 Å². The second kappa shape index (κ2) is 9.94. The lowest BCUT2D eigenvalue weighted by molar-refractivity contribution is -0.131. The molecule has 0 fully saturated rings. The monoisotopic (exact) mass is 433 g/mol. The number of carboxylic acid groups (broad SMARTS) is 1. The number of carboxylic acids is 1. The van der Waals surface area contributed by atoms with Crippen LogP contribution in [-0.4, -0.2) is 27.6 Å². The van der Waals surface area contributed by atoms with Crippen molar-refractivity contribution in [1.29, 1.82) is 0 Å². The van der Waals surface area contributed by atoms with Crippen molar-refractivity contribution >= 4 is 39.7 Å². The summed E-state index contributed by atoms with van der Waals surface area (Å²) in [4.78, 5) is 13.5. The summed E-state index contributed by atoms with van der Waals surface area (Å²) < 4.78 is 18.6. The highest BCUT2D eigenvalue weighted by Gasteiger charge is 2.28. The number of nitrogens with zero attached hydrogens (tertiary/aromatic N) is 1. The number of hydrogen-bond donors (Lipinski definition) is 1. The number of aliphatic carboxylic acids is 1. The van der Waals surface area contributed by atoms with Crippen LogP contribution >= 0.6 is 11.6 Å². The molecule has 5 nitrogen and oxygen atoms in total. The van der Waals surface area contributed by atoms with Gasteiger partial charge in [0.1, 0.15) is 5.75 Å². The van der Waals surface area contributed by atoms with Crippen molar-refractivity contribution in [2.75, 3.05) is 17.2 Å². The van der Waals surface area contributed by atoms with E-state index >= 15 is 0 Å². The Morgan fingerprint density at radius 3 is 2.79 bits per heavy atom. The van der Waals surface area contributed by atoms with Crippen LogP contribution in [0, 0.1) is 5.92 Å². The Bertz CT molecular complexity index is 917. The molecule has 2 unspecified atom stereocenters. The van der Waals surface area contributed by atoms with Gasteiger partial charge in [0.05, 0.1) is 38.7 Å². The van der Waals surface area contributed by atoms with Crippen molar-refractivity contribution in [2.24, 2.45) is 5.92 Å². The minimum Gasteiger partial charge on any atom is -0.478 e. The molecule has 1 heterocycles. The van der Waals surface area contributed by atoms with Crippen molar-refractivity contribution in [3.8, 4) is 5.75 Å². The normalized spacial score (nSPS) is 19.0. The van der Waals surface area contributed by atoms with Crippen molar-refractivity contribution in [3.05, 3.63) is 59.8 Å². The van der Waals surface area contributed by atoms with Gasteiger partial charge in [-0.2, -0.15) is 0 Å². The maximum atomic E-state index is 13.2. The molecule has 0 saturated carbocycles. The first-order chi connectivity index (χ1) is 14.0. The fraction of sp³-hybridized carbons (Fsp3) is 0.318. The highest BCUT2D eigenvalue weighted by atomic mass is 35.5. The molecule has 0 spiro atoms. The minimum atomic E-state index is -1.21. The molecule has 1 aliphatic rings. The van der Waals surface area contributed by atoms with Crippen molar-refractivity contribution in [3.63, 3.8) is 0 Å². The number of fused-ring (bicyclic) bond motifs is 1. The smallest absolute Gasteiger partial charge is 0.331 e. The molecule has 3 rings (SSSR count). The van der Waals surface area contributed by atoms with E-state index in [2.05, 4.69) is 11.8 Å². The number of halogens is 1. The van der Waals surface area contributed by atoms with Gasteiger partial charge in [0.2, 0.25) is 0 Å². The van der Waals surface area contributed by atoms with Crippen molar-refractivity contribution in [2.45, 2.75) is 31.1 Å². The van der Waals surface area contributed by atoms with Crippen LogP contribution in [0.2, 0.25) is 5.02 Å². The highest BCUT2D eigenvalue weighted by molar-refractivity contribution is 7.85. The Labute approximate surface area is 178 Å². The first kappa shape index (κ1) is 21.4. The van der Waals surface area contributed by atoms with Gasteiger partial charge in [0, 0.05) is 24.1 Å². The molecule has 1 aliphatic heterocycles. The van der Waals surface area contributed by atoms with Gasteiger partial charge in [0.25, 0.3) is 0 Å². The topological polar surface area (TPSA) is 66.8 Å². The van der Waals surface area contributed by atoms with Gasteiger partial charge in [-0.05, 0) is 30.5 Å². The summed E-state index contributed by atoms with van der Waals surface area (Å²) in [6.07, 6.45) is 5.15.